The normalized spacial score (nSPS) is 10.5. The highest BCUT2D eigenvalue weighted by atomic mass is 32.1. The first kappa shape index (κ1) is 16.2. The molecule has 1 heterocycles. The van der Waals surface area contributed by atoms with Gasteiger partial charge in [-0.25, -0.2) is 0 Å². The van der Waals surface area contributed by atoms with Gasteiger partial charge >= 0.3 is 0 Å². The van der Waals surface area contributed by atoms with Gasteiger partial charge in [0.15, 0.2) is 6.61 Å². The Morgan fingerprint density at radius 3 is 2.36 bits per heavy atom. The molecule has 1 aromatic carbocycles. The molecule has 0 aliphatic heterocycles. The van der Waals surface area contributed by atoms with E-state index in [1.165, 1.54) is 11.3 Å². The van der Waals surface area contributed by atoms with Gasteiger partial charge in [0.05, 0.1) is 6.61 Å². The van der Waals surface area contributed by atoms with Crippen molar-refractivity contribution < 1.29 is 14.3 Å². The van der Waals surface area contributed by atoms with Crippen molar-refractivity contribution in [2.24, 2.45) is 0 Å². The van der Waals surface area contributed by atoms with E-state index in [0.29, 0.717) is 23.4 Å². The Morgan fingerprint density at radius 1 is 1.18 bits per heavy atom. The third kappa shape index (κ3) is 4.70. The number of aromatic nitrogens is 2. The minimum Gasteiger partial charge on any atom is -0.494 e. The Kier molecular flexibility index (Phi) is 5.71. The number of hydrogen-bond acceptors (Lipinski definition) is 6. The van der Waals surface area contributed by atoms with Gasteiger partial charge in [-0.05, 0) is 31.2 Å². The van der Waals surface area contributed by atoms with E-state index < -0.39 is 0 Å². The fourth-order valence-electron chi connectivity index (χ4n) is 1.62. The Hall–Kier alpha value is -2.15. The van der Waals surface area contributed by atoms with E-state index in [1.54, 1.807) is 24.3 Å². The van der Waals surface area contributed by atoms with E-state index in [0.717, 1.165) is 10.8 Å². The molecule has 1 N–H and O–H groups in total. The number of nitrogens with one attached hydrogen (secondary N) is 1. The van der Waals surface area contributed by atoms with Gasteiger partial charge in [0.25, 0.3) is 5.91 Å². The molecule has 0 radical (unpaired) electrons. The third-order valence-corrected chi connectivity index (χ3v) is 3.82. The van der Waals surface area contributed by atoms with Crippen LogP contribution in [0.25, 0.3) is 0 Å². The number of anilines is 1. The summed E-state index contributed by atoms with van der Waals surface area (Å²) in [6.45, 7) is 6.52. The highest BCUT2D eigenvalue weighted by molar-refractivity contribution is 7.15. The van der Waals surface area contributed by atoms with Crippen LogP contribution in [0, 0.1) is 0 Å². The van der Waals surface area contributed by atoms with Crippen LogP contribution in [0.5, 0.6) is 11.5 Å². The second-order valence-corrected chi connectivity index (χ2v) is 5.85. The molecule has 0 aliphatic rings. The van der Waals surface area contributed by atoms with Crippen molar-refractivity contribution in [1.29, 1.82) is 0 Å². The predicted molar refractivity (Wildman–Crippen MR) is 85.7 cm³/mol. The number of carbonyl (C=O) groups is 1. The summed E-state index contributed by atoms with van der Waals surface area (Å²) in [4.78, 5) is 11.8. The van der Waals surface area contributed by atoms with Crippen LogP contribution in [0.15, 0.2) is 24.3 Å². The highest BCUT2D eigenvalue weighted by Crippen LogP contribution is 2.22. The van der Waals surface area contributed by atoms with Crippen molar-refractivity contribution in [3.63, 3.8) is 0 Å². The maximum absolute atomic E-state index is 11.8. The van der Waals surface area contributed by atoms with Crippen molar-refractivity contribution in [3.8, 4) is 11.5 Å². The highest BCUT2D eigenvalue weighted by Gasteiger charge is 2.10. The largest absolute Gasteiger partial charge is 0.494 e. The summed E-state index contributed by atoms with van der Waals surface area (Å²) in [5.74, 6) is 1.41. The minimum absolute atomic E-state index is 0.0788. The Bertz CT molecular complexity index is 611. The third-order valence-electron chi connectivity index (χ3n) is 2.69. The lowest BCUT2D eigenvalue weighted by Crippen LogP contribution is -2.20. The van der Waals surface area contributed by atoms with Crippen LogP contribution in [-0.2, 0) is 4.79 Å². The van der Waals surface area contributed by atoms with Crippen LogP contribution in [0.2, 0.25) is 0 Å². The molecule has 0 bridgehead atoms. The summed E-state index contributed by atoms with van der Waals surface area (Å²) in [6.07, 6.45) is 0. The zero-order valence-electron chi connectivity index (χ0n) is 12.8. The molecule has 0 spiro atoms. The molecular formula is C15H19N3O3S. The van der Waals surface area contributed by atoms with Crippen LogP contribution in [0.4, 0.5) is 5.13 Å². The Labute approximate surface area is 133 Å². The molecule has 1 amide bonds. The van der Waals surface area contributed by atoms with Crippen molar-refractivity contribution in [2.75, 3.05) is 18.5 Å². The van der Waals surface area contributed by atoms with Crippen molar-refractivity contribution >= 4 is 22.4 Å². The van der Waals surface area contributed by atoms with Gasteiger partial charge in [0.2, 0.25) is 5.13 Å². The second kappa shape index (κ2) is 7.74. The van der Waals surface area contributed by atoms with Crippen molar-refractivity contribution in [3.05, 3.63) is 29.3 Å². The molecule has 0 aliphatic carbocycles. The number of rotatable bonds is 7. The molecule has 7 heteroatoms. The summed E-state index contributed by atoms with van der Waals surface area (Å²) < 4.78 is 10.8. The lowest BCUT2D eigenvalue weighted by molar-refractivity contribution is -0.118. The topological polar surface area (TPSA) is 73.3 Å². The molecule has 0 saturated heterocycles. The minimum atomic E-state index is -0.264. The summed E-state index contributed by atoms with van der Waals surface area (Å²) in [5.41, 5.74) is 0. The van der Waals surface area contributed by atoms with E-state index in [9.17, 15) is 4.79 Å². The lowest BCUT2D eigenvalue weighted by atomic mass is 10.2. The van der Waals surface area contributed by atoms with Gasteiger partial charge < -0.3 is 9.47 Å². The zero-order valence-corrected chi connectivity index (χ0v) is 13.6. The first-order valence-corrected chi connectivity index (χ1v) is 7.89. The van der Waals surface area contributed by atoms with Gasteiger partial charge in [-0.15, -0.1) is 10.2 Å². The molecule has 22 heavy (non-hydrogen) atoms. The smallest absolute Gasteiger partial charge is 0.264 e. The number of amides is 1. The number of nitrogens with zero attached hydrogens (tertiary/aromatic N) is 2. The summed E-state index contributed by atoms with van der Waals surface area (Å²) >= 11 is 1.37. The van der Waals surface area contributed by atoms with Crippen molar-refractivity contribution in [1.82, 2.24) is 10.2 Å². The number of hydrogen-bond donors (Lipinski definition) is 1. The molecule has 0 unspecified atom stereocenters. The van der Waals surface area contributed by atoms with Crippen LogP contribution >= 0.6 is 11.3 Å². The van der Waals surface area contributed by atoms with E-state index >= 15 is 0 Å². The lowest BCUT2D eigenvalue weighted by Gasteiger charge is -2.07. The predicted octanol–water partition coefficient (Wildman–Crippen LogP) is 3.08. The maximum atomic E-state index is 11.8. The van der Waals surface area contributed by atoms with E-state index in [4.69, 9.17) is 9.47 Å². The molecule has 0 atom stereocenters. The van der Waals surface area contributed by atoms with Gasteiger partial charge in [-0.3, -0.25) is 10.1 Å². The number of carbonyl (C=O) groups excluding carboxylic acids is 1. The molecule has 6 nitrogen and oxygen atoms in total. The van der Waals surface area contributed by atoms with Crippen LogP contribution in [-0.4, -0.2) is 29.3 Å². The molecule has 1 aromatic heterocycles. The van der Waals surface area contributed by atoms with E-state index in [-0.39, 0.29) is 12.5 Å². The average Bonchev–Trinajstić information content (AvgIpc) is 2.95. The van der Waals surface area contributed by atoms with Gasteiger partial charge in [-0.1, -0.05) is 25.2 Å². The zero-order chi connectivity index (χ0) is 15.9. The summed E-state index contributed by atoms with van der Waals surface area (Å²) in [6, 6.07) is 7.13. The molecule has 0 saturated carbocycles. The second-order valence-electron chi connectivity index (χ2n) is 4.84. The summed E-state index contributed by atoms with van der Waals surface area (Å²) in [5, 5.41) is 12.0. The van der Waals surface area contributed by atoms with Gasteiger partial charge in [0.1, 0.15) is 16.5 Å². The first-order valence-electron chi connectivity index (χ1n) is 7.07. The van der Waals surface area contributed by atoms with E-state index in [1.807, 2.05) is 20.8 Å². The van der Waals surface area contributed by atoms with Crippen LogP contribution in [0.3, 0.4) is 0 Å². The molecular weight excluding hydrogens is 302 g/mol. The van der Waals surface area contributed by atoms with Crippen LogP contribution in [0.1, 0.15) is 31.7 Å². The number of ether oxygens (including phenoxy) is 2. The molecule has 118 valence electrons. The van der Waals surface area contributed by atoms with E-state index in [2.05, 4.69) is 15.5 Å². The molecule has 2 rings (SSSR count). The Balaban J connectivity index is 1.81. The standard InChI is InChI=1S/C15H19N3O3S/c1-4-20-11-5-7-12(8-6-11)21-9-13(19)16-15-18-17-14(22-15)10(2)3/h5-8,10H,4,9H2,1-3H3,(H,16,18,19). The monoisotopic (exact) mass is 321 g/mol. The fraction of sp³-hybridized carbons (Fsp3) is 0.400. The summed E-state index contributed by atoms with van der Waals surface area (Å²) in [7, 11) is 0. The Morgan fingerprint density at radius 2 is 1.82 bits per heavy atom. The van der Waals surface area contributed by atoms with Gasteiger partial charge in [-0.2, -0.15) is 0 Å². The average molecular weight is 321 g/mol. The first-order chi connectivity index (χ1) is 10.6. The SMILES string of the molecule is CCOc1ccc(OCC(=O)Nc2nnc(C(C)C)s2)cc1. The van der Waals surface area contributed by atoms with Crippen LogP contribution < -0.4 is 14.8 Å². The maximum Gasteiger partial charge on any atom is 0.264 e. The molecule has 2 aromatic rings. The molecule has 0 fully saturated rings. The number of benzene rings is 1. The van der Waals surface area contributed by atoms with Gasteiger partial charge in [0, 0.05) is 5.92 Å². The quantitative estimate of drug-likeness (QED) is 0.848. The fourth-order valence-corrected chi connectivity index (χ4v) is 2.38. The van der Waals surface area contributed by atoms with Crippen molar-refractivity contribution in [2.45, 2.75) is 26.7 Å².